The fourth-order valence-corrected chi connectivity index (χ4v) is 5.81. The van der Waals surface area contributed by atoms with Gasteiger partial charge < -0.3 is 25.0 Å². The molecule has 2 heterocycles. The zero-order valence-corrected chi connectivity index (χ0v) is 25.4. The maximum absolute atomic E-state index is 11.9. The number of alkyl halides is 3. The van der Waals surface area contributed by atoms with Gasteiger partial charge in [-0.2, -0.15) is 0 Å². The Bertz CT molecular complexity index is 1330. The van der Waals surface area contributed by atoms with Gasteiger partial charge in [-0.1, -0.05) is 102 Å². The van der Waals surface area contributed by atoms with Gasteiger partial charge >= 0.3 is 0 Å². The van der Waals surface area contributed by atoms with Crippen LogP contribution in [0.3, 0.4) is 0 Å². The van der Waals surface area contributed by atoms with Crippen LogP contribution in [0.1, 0.15) is 53.9 Å². The SMILES string of the molecule is O=C(NCc1cccc(-c2ccc([C@@H]3O[C@H](CN4CCC[C@H]4CO)C[C@H](c4ccc(CO)cc4)O3)cc2)c1)C(Cl)(Cl)Cl. The highest BCUT2D eigenvalue weighted by Gasteiger charge is 2.35. The van der Waals surface area contributed by atoms with E-state index < -0.39 is 16.0 Å². The van der Waals surface area contributed by atoms with Gasteiger partial charge in [0, 0.05) is 31.1 Å². The van der Waals surface area contributed by atoms with E-state index in [0.717, 1.165) is 59.3 Å². The van der Waals surface area contributed by atoms with E-state index in [-0.39, 0.29) is 38.0 Å². The summed E-state index contributed by atoms with van der Waals surface area (Å²) in [4.78, 5) is 14.2. The molecule has 10 heteroatoms. The molecule has 0 unspecified atom stereocenters. The monoisotopic (exact) mass is 632 g/mol. The summed E-state index contributed by atoms with van der Waals surface area (Å²) in [5, 5.41) is 21.9. The van der Waals surface area contributed by atoms with Gasteiger partial charge in [0.25, 0.3) is 9.70 Å². The summed E-state index contributed by atoms with van der Waals surface area (Å²) in [5.41, 5.74) is 5.66. The minimum Gasteiger partial charge on any atom is -0.395 e. The number of carbonyl (C=O) groups excluding carboxylic acids is 1. The Labute approximate surface area is 261 Å². The summed E-state index contributed by atoms with van der Waals surface area (Å²) in [6.07, 6.45) is 1.97. The third-order valence-electron chi connectivity index (χ3n) is 7.92. The molecule has 5 rings (SSSR count). The van der Waals surface area contributed by atoms with Crippen LogP contribution in [0.5, 0.6) is 0 Å². The smallest absolute Gasteiger partial charge is 0.272 e. The minimum absolute atomic E-state index is 0.00345. The van der Waals surface area contributed by atoms with Crippen LogP contribution in [0, 0.1) is 0 Å². The average Bonchev–Trinajstić information content (AvgIpc) is 3.46. The van der Waals surface area contributed by atoms with Crippen molar-refractivity contribution in [2.24, 2.45) is 0 Å². The molecular formula is C32H35Cl3N2O5. The Balaban J connectivity index is 1.32. The van der Waals surface area contributed by atoms with Crippen LogP contribution in [-0.2, 0) is 27.4 Å². The van der Waals surface area contributed by atoms with Gasteiger partial charge in [-0.15, -0.1) is 0 Å². The van der Waals surface area contributed by atoms with Gasteiger partial charge in [0.2, 0.25) is 0 Å². The Morgan fingerprint density at radius 1 is 0.929 bits per heavy atom. The van der Waals surface area contributed by atoms with Gasteiger partial charge in [-0.3, -0.25) is 9.69 Å². The van der Waals surface area contributed by atoms with Crippen molar-refractivity contribution >= 4 is 40.7 Å². The molecule has 2 aliphatic rings. The lowest BCUT2D eigenvalue weighted by Crippen LogP contribution is -2.42. The van der Waals surface area contributed by atoms with Crippen LogP contribution in [0.25, 0.3) is 11.1 Å². The Morgan fingerprint density at radius 2 is 1.67 bits per heavy atom. The highest BCUT2D eigenvalue weighted by Crippen LogP contribution is 2.39. The van der Waals surface area contributed by atoms with E-state index in [4.69, 9.17) is 44.3 Å². The van der Waals surface area contributed by atoms with Crippen molar-refractivity contribution in [3.63, 3.8) is 0 Å². The van der Waals surface area contributed by atoms with Crippen LogP contribution in [0.2, 0.25) is 0 Å². The van der Waals surface area contributed by atoms with Crippen molar-refractivity contribution < 1.29 is 24.5 Å². The number of nitrogens with zero attached hydrogens (tertiary/aromatic N) is 1. The van der Waals surface area contributed by atoms with Crippen LogP contribution < -0.4 is 5.32 Å². The molecule has 0 aliphatic carbocycles. The number of carbonyl (C=O) groups is 1. The summed E-state index contributed by atoms with van der Waals surface area (Å²) in [7, 11) is 0. The van der Waals surface area contributed by atoms with Crippen molar-refractivity contribution in [2.75, 3.05) is 19.7 Å². The number of aliphatic hydroxyl groups is 2. The Morgan fingerprint density at radius 3 is 2.36 bits per heavy atom. The summed E-state index contributed by atoms with van der Waals surface area (Å²) < 4.78 is 11.0. The molecule has 2 fully saturated rings. The zero-order chi connectivity index (χ0) is 29.7. The molecule has 7 nitrogen and oxygen atoms in total. The molecule has 3 aromatic rings. The lowest BCUT2D eigenvalue weighted by atomic mass is 9.98. The van der Waals surface area contributed by atoms with Crippen molar-refractivity contribution in [1.29, 1.82) is 0 Å². The number of halogens is 3. The lowest BCUT2D eigenvalue weighted by molar-refractivity contribution is -0.253. The molecule has 4 atom stereocenters. The number of benzene rings is 3. The fourth-order valence-electron chi connectivity index (χ4n) is 5.61. The molecule has 0 saturated carbocycles. The van der Waals surface area contributed by atoms with Crippen LogP contribution in [0.15, 0.2) is 72.8 Å². The third kappa shape index (κ3) is 7.84. The number of ether oxygens (including phenoxy) is 2. The van der Waals surface area contributed by atoms with E-state index in [2.05, 4.69) is 10.2 Å². The lowest BCUT2D eigenvalue weighted by Gasteiger charge is -2.38. The van der Waals surface area contributed by atoms with Gasteiger partial charge in [-0.25, -0.2) is 0 Å². The number of rotatable bonds is 9. The molecule has 0 bridgehead atoms. The van der Waals surface area contributed by atoms with Crippen LogP contribution in [0.4, 0.5) is 0 Å². The summed E-state index contributed by atoms with van der Waals surface area (Å²) in [6.45, 7) is 2.07. The van der Waals surface area contributed by atoms with E-state index in [1.165, 1.54) is 0 Å². The van der Waals surface area contributed by atoms with E-state index in [9.17, 15) is 15.0 Å². The van der Waals surface area contributed by atoms with E-state index >= 15 is 0 Å². The number of aliphatic hydroxyl groups excluding tert-OH is 2. The molecule has 3 N–H and O–H groups in total. The molecule has 2 saturated heterocycles. The highest BCUT2D eigenvalue weighted by atomic mass is 35.6. The number of amides is 1. The van der Waals surface area contributed by atoms with E-state index in [1.54, 1.807) is 0 Å². The maximum Gasteiger partial charge on any atom is 0.272 e. The first kappa shape index (κ1) is 31.2. The highest BCUT2D eigenvalue weighted by molar-refractivity contribution is 6.76. The van der Waals surface area contributed by atoms with Crippen LogP contribution in [-0.4, -0.2) is 56.7 Å². The fraction of sp³-hybridized carbons (Fsp3) is 0.406. The maximum atomic E-state index is 11.9. The number of hydrogen-bond acceptors (Lipinski definition) is 6. The largest absolute Gasteiger partial charge is 0.395 e. The second kappa shape index (κ2) is 14.1. The Kier molecular flexibility index (Phi) is 10.5. The van der Waals surface area contributed by atoms with E-state index in [1.807, 2.05) is 72.8 Å². The molecule has 224 valence electrons. The summed E-state index contributed by atoms with van der Waals surface area (Å²) in [6, 6.07) is 23.9. The molecule has 0 aromatic heterocycles. The van der Waals surface area contributed by atoms with Crippen molar-refractivity contribution in [3.05, 3.63) is 95.1 Å². The molecule has 0 radical (unpaired) electrons. The number of hydrogen-bond donors (Lipinski definition) is 3. The predicted molar refractivity (Wildman–Crippen MR) is 164 cm³/mol. The standard InChI is InChI=1S/C32H35Cl3N2O5/c33-32(34,35)31(40)36-17-22-3-1-4-26(15-22)23-10-12-25(13-11-23)30-41-28(18-37-14-2-5-27(37)20-39)16-29(42-30)24-8-6-21(19-38)7-9-24/h1,3-4,6-13,15,27-30,38-39H,2,5,14,16-20H2,(H,36,40)/t27-,28-,29+,30+/m0/s1. The molecule has 2 aliphatic heterocycles. The first-order valence-corrected chi connectivity index (χ1v) is 15.3. The molecule has 0 spiro atoms. The third-order valence-corrected chi connectivity index (χ3v) is 8.43. The molecule has 42 heavy (non-hydrogen) atoms. The van der Waals surface area contributed by atoms with E-state index in [0.29, 0.717) is 6.42 Å². The van der Waals surface area contributed by atoms with Gasteiger partial charge in [0.1, 0.15) is 0 Å². The second-order valence-corrected chi connectivity index (χ2v) is 13.1. The zero-order valence-electron chi connectivity index (χ0n) is 23.1. The second-order valence-electron chi connectivity index (χ2n) is 10.8. The van der Waals surface area contributed by atoms with Gasteiger partial charge in [0.05, 0.1) is 25.4 Å². The van der Waals surface area contributed by atoms with Gasteiger partial charge in [-0.05, 0) is 53.3 Å². The normalized spacial score (nSPS) is 23.2. The molecular weight excluding hydrogens is 599 g/mol. The van der Waals surface area contributed by atoms with Crippen LogP contribution >= 0.6 is 34.8 Å². The van der Waals surface area contributed by atoms with Gasteiger partial charge in [0.15, 0.2) is 6.29 Å². The van der Waals surface area contributed by atoms with Crippen molar-refractivity contribution in [2.45, 2.75) is 60.7 Å². The van der Waals surface area contributed by atoms with Crippen molar-refractivity contribution in [1.82, 2.24) is 10.2 Å². The number of nitrogens with one attached hydrogen (secondary N) is 1. The molecule has 1 amide bonds. The molecule has 3 aromatic carbocycles. The Hall–Kier alpha value is -2.20. The first-order valence-electron chi connectivity index (χ1n) is 14.1. The van der Waals surface area contributed by atoms with Crippen molar-refractivity contribution in [3.8, 4) is 11.1 Å². The quantitative estimate of drug-likeness (QED) is 0.257. The minimum atomic E-state index is -2.01. The summed E-state index contributed by atoms with van der Waals surface area (Å²) in [5.74, 6) is -0.674. The average molecular weight is 634 g/mol. The summed E-state index contributed by atoms with van der Waals surface area (Å²) >= 11 is 17.0. The first-order chi connectivity index (χ1) is 20.2. The topological polar surface area (TPSA) is 91.3 Å². The predicted octanol–water partition coefficient (Wildman–Crippen LogP) is 5.83. The number of likely N-dealkylation sites (tertiary alicyclic amines) is 1.